The van der Waals surface area contributed by atoms with E-state index in [1.54, 1.807) is 0 Å². The third kappa shape index (κ3) is 4.13. The second kappa shape index (κ2) is 6.56. The van der Waals surface area contributed by atoms with E-state index in [1.807, 2.05) is 0 Å². The summed E-state index contributed by atoms with van der Waals surface area (Å²) in [6.07, 6.45) is 6.38. The lowest BCUT2D eigenvalue weighted by molar-refractivity contribution is 0.102. The maximum atomic E-state index is 6.38. The molecule has 112 valence electrons. The lowest BCUT2D eigenvalue weighted by Crippen LogP contribution is -2.35. The predicted molar refractivity (Wildman–Crippen MR) is 97.4 cm³/mol. The topological polar surface area (TPSA) is 0 Å². The van der Waals surface area contributed by atoms with E-state index in [0.29, 0.717) is 10.8 Å². The molecule has 0 unspecified atom stereocenters. The Bertz CT molecular complexity index is 422. The molecule has 2 rings (SSSR count). The number of benzene rings is 1. The zero-order valence-electron chi connectivity index (χ0n) is 12.9. The fraction of sp³-hybridized carbons (Fsp3) is 0.667. The van der Waals surface area contributed by atoms with Crippen LogP contribution in [0.1, 0.15) is 52.0 Å². The molecule has 0 N–H and O–H groups in total. The van der Waals surface area contributed by atoms with Crippen LogP contribution in [0.15, 0.2) is 24.3 Å². The SMILES string of the molecule is CC(C)(C)C1CCC(CCl)(Cc2ccc(I)cc2)CC1. The quantitative estimate of drug-likeness (QED) is 0.410. The molecule has 1 aliphatic rings. The van der Waals surface area contributed by atoms with Crippen molar-refractivity contribution in [1.82, 2.24) is 0 Å². The van der Waals surface area contributed by atoms with Crippen LogP contribution >= 0.6 is 34.2 Å². The molecule has 0 radical (unpaired) electrons. The molecule has 0 aromatic heterocycles. The van der Waals surface area contributed by atoms with Gasteiger partial charge in [0.25, 0.3) is 0 Å². The second-order valence-corrected chi connectivity index (χ2v) is 9.09. The molecular weight excluding hydrogens is 379 g/mol. The van der Waals surface area contributed by atoms with Gasteiger partial charge < -0.3 is 0 Å². The lowest BCUT2D eigenvalue weighted by atomic mass is 9.63. The van der Waals surface area contributed by atoms with Crippen molar-refractivity contribution in [2.24, 2.45) is 16.7 Å². The summed E-state index contributed by atoms with van der Waals surface area (Å²) in [5, 5.41) is 0. The molecule has 0 heterocycles. The van der Waals surface area contributed by atoms with E-state index in [-0.39, 0.29) is 0 Å². The Balaban J connectivity index is 2.03. The van der Waals surface area contributed by atoms with Gasteiger partial charge in [-0.15, -0.1) is 11.6 Å². The first-order valence-corrected chi connectivity index (χ1v) is 9.26. The number of hydrogen-bond donors (Lipinski definition) is 0. The Morgan fingerprint density at radius 3 is 2.15 bits per heavy atom. The second-order valence-electron chi connectivity index (χ2n) is 7.58. The predicted octanol–water partition coefficient (Wildman–Crippen LogP) is 6.30. The van der Waals surface area contributed by atoms with E-state index in [9.17, 15) is 0 Å². The van der Waals surface area contributed by atoms with Crippen LogP contribution in [0.2, 0.25) is 0 Å². The van der Waals surface area contributed by atoms with Gasteiger partial charge in [-0.25, -0.2) is 0 Å². The summed E-state index contributed by atoms with van der Waals surface area (Å²) in [6, 6.07) is 8.95. The Hall–Kier alpha value is 0.240. The summed E-state index contributed by atoms with van der Waals surface area (Å²) in [5.74, 6) is 1.66. The van der Waals surface area contributed by atoms with Gasteiger partial charge >= 0.3 is 0 Å². The molecule has 0 saturated heterocycles. The van der Waals surface area contributed by atoms with E-state index >= 15 is 0 Å². The van der Waals surface area contributed by atoms with Gasteiger partial charge in [0.15, 0.2) is 0 Å². The standard InChI is InChI=1S/C18H26ClI/c1-17(2,3)15-8-10-18(13-19,11-9-15)12-14-4-6-16(20)7-5-14/h4-7,15H,8-13H2,1-3H3. The molecule has 2 heteroatoms. The third-order valence-electron chi connectivity index (χ3n) is 5.05. The first-order chi connectivity index (χ1) is 9.35. The highest BCUT2D eigenvalue weighted by Gasteiger charge is 2.38. The molecule has 0 amide bonds. The van der Waals surface area contributed by atoms with Gasteiger partial charge in [0.1, 0.15) is 0 Å². The van der Waals surface area contributed by atoms with Crippen molar-refractivity contribution >= 4 is 34.2 Å². The van der Waals surface area contributed by atoms with Crippen LogP contribution in [0.25, 0.3) is 0 Å². The van der Waals surface area contributed by atoms with Gasteiger partial charge in [-0.05, 0) is 89.1 Å². The maximum Gasteiger partial charge on any atom is 0.0283 e. The highest BCUT2D eigenvalue weighted by atomic mass is 127. The summed E-state index contributed by atoms with van der Waals surface area (Å²) in [4.78, 5) is 0. The molecule has 1 aromatic carbocycles. The van der Waals surface area contributed by atoms with Crippen molar-refractivity contribution in [2.45, 2.75) is 52.9 Å². The Morgan fingerprint density at radius 1 is 1.15 bits per heavy atom. The summed E-state index contributed by atoms with van der Waals surface area (Å²) < 4.78 is 1.31. The number of alkyl halides is 1. The van der Waals surface area contributed by atoms with Gasteiger partial charge in [-0.2, -0.15) is 0 Å². The Labute approximate surface area is 142 Å². The van der Waals surface area contributed by atoms with E-state index in [4.69, 9.17) is 11.6 Å². The van der Waals surface area contributed by atoms with Gasteiger partial charge in [0.2, 0.25) is 0 Å². The Morgan fingerprint density at radius 2 is 1.70 bits per heavy atom. The van der Waals surface area contributed by atoms with Crippen LogP contribution in [0.5, 0.6) is 0 Å². The van der Waals surface area contributed by atoms with Gasteiger partial charge in [-0.1, -0.05) is 32.9 Å². The van der Waals surface area contributed by atoms with Crippen LogP contribution in [0, 0.1) is 20.3 Å². The molecule has 0 nitrogen and oxygen atoms in total. The van der Waals surface area contributed by atoms with Crippen LogP contribution < -0.4 is 0 Å². The first kappa shape index (κ1) is 16.6. The molecule has 0 atom stereocenters. The molecule has 1 aromatic rings. The van der Waals surface area contributed by atoms with Crippen molar-refractivity contribution in [2.75, 3.05) is 5.88 Å². The van der Waals surface area contributed by atoms with Crippen molar-refractivity contribution in [1.29, 1.82) is 0 Å². The fourth-order valence-corrected chi connectivity index (χ4v) is 4.21. The smallest absolute Gasteiger partial charge is 0.0283 e. The van der Waals surface area contributed by atoms with Crippen LogP contribution in [0.4, 0.5) is 0 Å². The monoisotopic (exact) mass is 404 g/mol. The summed E-state index contributed by atoms with van der Waals surface area (Å²) in [7, 11) is 0. The van der Waals surface area contributed by atoms with E-state index in [0.717, 1.165) is 18.2 Å². The molecule has 1 fully saturated rings. The third-order valence-corrected chi connectivity index (χ3v) is 6.33. The average molecular weight is 405 g/mol. The van der Waals surface area contributed by atoms with E-state index in [2.05, 4.69) is 67.6 Å². The molecule has 0 spiro atoms. The highest BCUT2D eigenvalue weighted by Crippen LogP contribution is 2.47. The van der Waals surface area contributed by atoms with Gasteiger partial charge in [0, 0.05) is 9.45 Å². The van der Waals surface area contributed by atoms with Gasteiger partial charge in [0.05, 0.1) is 0 Å². The Kier molecular flexibility index (Phi) is 5.45. The maximum absolute atomic E-state index is 6.38. The lowest BCUT2D eigenvalue weighted by Gasteiger charge is -2.43. The van der Waals surface area contributed by atoms with Crippen LogP contribution in [-0.2, 0) is 6.42 Å². The molecule has 1 saturated carbocycles. The number of halogens is 2. The van der Waals surface area contributed by atoms with Gasteiger partial charge in [-0.3, -0.25) is 0 Å². The van der Waals surface area contributed by atoms with E-state index < -0.39 is 0 Å². The van der Waals surface area contributed by atoms with Crippen molar-refractivity contribution in [3.05, 3.63) is 33.4 Å². The van der Waals surface area contributed by atoms with Crippen molar-refractivity contribution in [3.8, 4) is 0 Å². The normalized spacial score (nSPS) is 27.6. The summed E-state index contributed by atoms with van der Waals surface area (Å²) in [6.45, 7) is 7.14. The molecule has 1 aliphatic carbocycles. The summed E-state index contributed by atoms with van der Waals surface area (Å²) in [5.41, 5.74) is 2.22. The van der Waals surface area contributed by atoms with Crippen molar-refractivity contribution < 1.29 is 0 Å². The zero-order chi connectivity index (χ0) is 14.8. The molecule has 20 heavy (non-hydrogen) atoms. The number of hydrogen-bond acceptors (Lipinski definition) is 0. The average Bonchev–Trinajstić information content (AvgIpc) is 2.41. The summed E-state index contributed by atoms with van der Waals surface area (Å²) >= 11 is 8.74. The van der Waals surface area contributed by atoms with Crippen LogP contribution in [-0.4, -0.2) is 5.88 Å². The minimum atomic E-state index is 0.329. The minimum Gasteiger partial charge on any atom is -0.126 e. The van der Waals surface area contributed by atoms with Crippen molar-refractivity contribution in [3.63, 3.8) is 0 Å². The van der Waals surface area contributed by atoms with Crippen LogP contribution in [0.3, 0.4) is 0 Å². The van der Waals surface area contributed by atoms with E-state index in [1.165, 1.54) is 34.8 Å². The molecular formula is C18H26ClI. The highest BCUT2D eigenvalue weighted by molar-refractivity contribution is 14.1. The largest absolute Gasteiger partial charge is 0.126 e. The fourth-order valence-electron chi connectivity index (χ4n) is 3.49. The minimum absolute atomic E-state index is 0.329. The zero-order valence-corrected chi connectivity index (χ0v) is 15.8. The first-order valence-electron chi connectivity index (χ1n) is 7.65. The molecule has 0 bridgehead atoms. The molecule has 0 aliphatic heterocycles. The number of rotatable bonds is 3.